The molecule has 0 aliphatic heterocycles. The van der Waals surface area contributed by atoms with Crippen LogP contribution in [0.1, 0.15) is 21.6 Å². The van der Waals surface area contributed by atoms with Crippen LogP contribution < -0.4 is 15.8 Å². The summed E-state index contributed by atoms with van der Waals surface area (Å²) in [6.07, 6.45) is 0. The van der Waals surface area contributed by atoms with Gasteiger partial charge in [0.2, 0.25) is 5.88 Å². The van der Waals surface area contributed by atoms with Crippen LogP contribution in [0.15, 0.2) is 24.3 Å². The number of benzene rings is 1. The number of aromatic nitrogens is 2. The minimum Gasteiger partial charge on any atom is -0.438 e. The molecule has 2 aromatic rings. The number of nitrogens with zero attached hydrogens (tertiary/aromatic N) is 2. The fourth-order valence-corrected chi connectivity index (χ4v) is 2.07. The second kappa shape index (κ2) is 5.75. The van der Waals surface area contributed by atoms with E-state index in [4.69, 9.17) is 10.5 Å². The normalized spacial score (nSPS) is 10.6. The summed E-state index contributed by atoms with van der Waals surface area (Å²) in [7, 11) is 3.59. The van der Waals surface area contributed by atoms with E-state index in [-0.39, 0.29) is 0 Å². The van der Waals surface area contributed by atoms with Gasteiger partial charge in [0.1, 0.15) is 11.3 Å². The van der Waals surface area contributed by atoms with E-state index in [0.717, 1.165) is 12.1 Å². The first-order valence-electron chi connectivity index (χ1n) is 6.27. The predicted octanol–water partition coefficient (Wildman–Crippen LogP) is 1.34. The summed E-state index contributed by atoms with van der Waals surface area (Å²) in [6, 6.07) is 7.62. The van der Waals surface area contributed by atoms with Crippen molar-refractivity contribution in [2.75, 3.05) is 7.05 Å². The van der Waals surface area contributed by atoms with E-state index in [1.807, 2.05) is 31.3 Å². The number of aryl methyl sites for hydroxylation is 2. The molecule has 0 aliphatic carbocycles. The van der Waals surface area contributed by atoms with Crippen LogP contribution >= 0.6 is 0 Å². The molecule has 1 aromatic carbocycles. The smallest absolute Gasteiger partial charge is 0.256 e. The molecule has 0 saturated carbocycles. The molecule has 1 amide bonds. The highest BCUT2D eigenvalue weighted by molar-refractivity contribution is 5.96. The van der Waals surface area contributed by atoms with Gasteiger partial charge in [0.15, 0.2) is 0 Å². The first-order chi connectivity index (χ1) is 9.52. The van der Waals surface area contributed by atoms with E-state index in [0.29, 0.717) is 22.9 Å². The number of hydrogen-bond donors (Lipinski definition) is 2. The topological polar surface area (TPSA) is 82.2 Å². The number of carbonyl (C=O) groups excluding carboxylic acids is 1. The van der Waals surface area contributed by atoms with E-state index in [1.165, 1.54) is 4.68 Å². The van der Waals surface area contributed by atoms with Gasteiger partial charge in [-0.2, -0.15) is 5.10 Å². The largest absolute Gasteiger partial charge is 0.438 e. The Morgan fingerprint density at radius 2 is 2.25 bits per heavy atom. The first kappa shape index (κ1) is 14.1. The summed E-state index contributed by atoms with van der Waals surface area (Å²) < 4.78 is 7.30. The zero-order valence-corrected chi connectivity index (χ0v) is 11.8. The van der Waals surface area contributed by atoms with Crippen molar-refractivity contribution in [3.05, 3.63) is 41.1 Å². The average Bonchev–Trinajstić information content (AvgIpc) is 2.65. The number of nitrogens with two attached hydrogens (primary N) is 1. The number of primary amides is 1. The van der Waals surface area contributed by atoms with E-state index in [9.17, 15) is 4.79 Å². The fraction of sp³-hybridized carbons (Fsp3) is 0.286. The summed E-state index contributed by atoms with van der Waals surface area (Å²) in [5.74, 6) is 0.455. The summed E-state index contributed by atoms with van der Waals surface area (Å²) in [6.45, 7) is 2.47. The van der Waals surface area contributed by atoms with Crippen molar-refractivity contribution in [3.63, 3.8) is 0 Å². The van der Waals surface area contributed by atoms with Crippen molar-refractivity contribution in [2.24, 2.45) is 12.8 Å². The summed E-state index contributed by atoms with van der Waals surface area (Å²) in [4.78, 5) is 11.5. The second-order valence-corrected chi connectivity index (χ2v) is 4.53. The lowest BCUT2D eigenvalue weighted by molar-refractivity contribution is 0.0997. The Bertz CT molecular complexity index is 634. The molecule has 0 spiro atoms. The maximum Gasteiger partial charge on any atom is 0.256 e. The predicted molar refractivity (Wildman–Crippen MR) is 75.7 cm³/mol. The third-order valence-corrected chi connectivity index (χ3v) is 2.91. The first-order valence-corrected chi connectivity index (χ1v) is 6.27. The Morgan fingerprint density at radius 1 is 1.50 bits per heavy atom. The lowest BCUT2D eigenvalue weighted by atomic mass is 10.2. The van der Waals surface area contributed by atoms with Gasteiger partial charge in [-0.15, -0.1) is 0 Å². The van der Waals surface area contributed by atoms with Gasteiger partial charge < -0.3 is 15.8 Å². The highest BCUT2D eigenvalue weighted by Gasteiger charge is 2.20. The Labute approximate surface area is 117 Å². The molecule has 0 unspecified atom stereocenters. The monoisotopic (exact) mass is 274 g/mol. The summed E-state index contributed by atoms with van der Waals surface area (Å²) >= 11 is 0. The number of ether oxygens (including phenoxy) is 1. The van der Waals surface area contributed by atoms with Gasteiger partial charge in [-0.05, 0) is 31.7 Å². The number of nitrogens with one attached hydrogen (secondary N) is 1. The lowest BCUT2D eigenvalue weighted by Gasteiger charge is -2.09. The number of rotatable bonds is 5. The van der Waals surface area contributed by atoms with Crippen LogP contribution in [0.5, 0.6) is 11.6 Å². The summed E-state index contributed by atoms with van der Waals surface area (Å²) in [5, 5.41) is 7.24. The maximum absolute atomic E-state index is 11.5. The van der Waals surface area contributed by atoms with Crippen molar-refractivity contribution in [1.29, 1.82) is 0 Å². The Hall–Kier alpha value is -2.34. The molecule has 0 aliphatic rings. The second-order valence-electron chi connectivity index (χ2n) is 4.53. The molecule has 106 valence electrons. The minimum atomic E-state index is -0.544. The Kier molecular flexibility index (Phi) is 4.05. The third-order valence-electron chi connectivity index (χ3n) is 2.91. The van der Waals surface area contributed by atoms with Gasteiger partial charge in [0.05, 0.1) is 5.69 Å². The average molecular weight is 274 g/mol. The van der Waals surface area contributed by atoms with Crippen molar-refractivity contribution in [1.82, 2.24) is 15.1 Å². The number of carbonyl (C=O) groups is 1. The van der Waals surface area contributed by atoms with E-state index >= 15 is 0 Å². The van der Waals surface area contributed by atoms with E-state index in [1.54, 1.807) is 14.0 Å². The van der Waals surface area contributed by atoms with Gasteiger partial charge in [-0.3, -0.25) is 4.79 Å². The number of amides is 1. The van der Waals surface area contributed by atoms with Gasteiger partial charge in [0.25, 0.3) is 5.91 Å². The molecule has 0 bridgehead atoms. The van der Waals surface area contributed by atoms with Crippen molar-refractivity contribution in [2.45, 2.75) is 13.5 Å². The zero-order chi connectivity index (χ0) is 14.7. The van der Waals surface area contributed by atoms with Gasteiger partial charge in [-0.1, -0.05) is 12.1 Å². The molecule has 0 atom stereocenters. The molecule has 3 N–H and O–H groups in total. The molecule has 6 nitrogen and oxygen atoms in total. The van der Waals surface area contributed by atoms with Crippen LogP contribution in [-0.4, -0.2) is 22.7 Å². The molecule has 0 saturated heterocycles. The van der Waals surface area contributed by atoms with Crippen molar-refractivity contribution < 1.29 is 9.53 Å². The van der Waals surface area contributed by atoms with Crippen molar-refractivity contribution >= 4 is 5.91 Å². The van der Waals surface area contributed by atoms with Crippen LogP contribution in [-0.2, 0) is 13.6 Å². The van der Waals surface area contributed by atoms with E-state index < -0.39 is 5.91 Å². The van der Waals surface area contributed by atoms with Crippen LogP contribution in [0.25, 0.3) is 0 Å². The zero-order valence-electron chi connectivity index (χ0n) is 11.8. The van der Waals surface area contributed by atoms with Crippen LogP contribution in [0, 0.1) is 6.92 Å². The summed E-state index contributed by atoms with van der Waals surface area (Å²) in [5.41, 5.74) is 7.33. The molecule has 2 rings (SSSR count). The highest BCUT2D eigenvalue weighted by atomic mass is 16.5. The van der Waals surface area contributed by atoms with Gasteiger partial charge in [-0.25, -0.2) is 4.68 Å². The van der Waals surface area contributed by atoms with Gasteiger partial charge >= 0.3 is 0 Å². The van der Waals surface area contributed by atoms with Crippen LogP contribution in [0.2, 0.25) is 0 Å². The Morgan fingerprint density at radius 3 is 2.90 bits per heavy atom. The molecule has 20 heavy (non-hydrogen) atoms. The Balaban J connectivity index is 2.35. The minimum absolute atomic E-state index is 0.312. The lowest BCUT2D eigenvalue weighted by Crippen LogP contribution is -2.13. The highest BCUT2D eigenvalue weighted by Crippen LogP contribution is 2.27. The SMILES string of the molecule is CNCc1cccc(Oc2c(C(N)=O)c(C)nn2C)c1. The molecule has 0 fully saturated rings. The fourth-order valence-electron chi connectivity index (χ4n) is 2.07. The molecule has 6 heteroatoms. The number of hydrogen-bond acceptors (Lipinski definition) is 4. The molecule has 1 aromatic heterocycles. The molecule has 1 heterocycles. The molecular weight excluding hydrogens is 256 g/mol. The quantitative estimate of drug-likeness (QED) is 0.862. The standard InChI is InChI=1S/C14H18N4O2/c1-9-12(13(15)19)14(18(3)17-9)20-11-6-4-5-10(7-11)8-16-2/h4-7,16H,8H2,1-3H3,(H2,15,19). The van der Waals surface area contributed by atoms with E-state index in [2.05, 4.69) is 10.4 Å². The molecule has 0 radical (unpaired) electrons. The third kappa shape index (κ3) is 2.80. The molecular formula is C14H18N4O2. The van der Waals surface area contributed by atoms with Crippen molar-refractivity contribution in [3.8, 4) is 11.6 Å². The van der Waals surface area contributed by atoms with Crippen LogP contribution in [0.3, 0.4) is 0 Å². The van der Waals surface area contributed by atoms with Crippen LogP contribution in [0.4, 0.5) is 0 Å². The van der Waals surface area contributed by atoms with Gasteiger partial charge in [0, 0.05) is 13.6 Å². The maximum atomic E-state index is 11.5.